The molecule has 2 atom stereocenters. The molecular formula is C21H17ClO2S2. The summed E-state index contributed by atoms with van der Waals surface area (Å²) in [6.07, 6.45) is 0. The maximum absolute atomic E-state index is 13.4. The van der Waals surface area contributed by atoms with Gasteiger partial charge in [0, 0.05) is 32.3 Å². The Labute approximate surface area is 165 Å². The molecule has 0 saturated carbocycles. The van der Waals surface area contributed by atoms with Gasteiger partial charge < -0.3 is 4.74 Å². The first kappa shape index (κ1) is 16.7. The summed E-state index contributed by atoms with van der Waals surface area (Å²) in [6.45, 7) is 6.31. The van der Waals surface area contributed by atoms with Crippen molar-refractivity contribution in [2.45, 2.75) is 36.5 Å². The molecule has 0 saturated heterocycles. The van der Waals surface area contributed by atoms with E-state index in [2.05, 4.69) is 32.9 Å². The molecule has 5 heteroatoms. The van der Waals surface area contributed by atoms with Crippen molar-refractivity contribution in [1.29, 1.82) is 0 Å². The first-order chi connectivity index (χ1) is 12.4. The van der Waals surface area contributed by atoms with Gasteiger partial charge in [0.25, 0.3) is 0 Å². The molecule has 1 aromatic heterocycles. The van der Waals surface area contributed by atoms with Gasteiger partial charge in [0.1, 0.15) is 11.4 Å². The van der Waals surface area contributed by atoms with Crippen LogP contribution in [-0.2, 0) is 5.60 Å². The van der Waals surface area contributed by atoms with Crippen molar-refractivity contribution in [3.63, 3.8) is 0 Å². The number of hydrogen-bond acceptors (Lipinski definition) is 4. The average molecular weight is 401 g/mol. The summed E-state index contributed by atoms with van der Waals surface area (Å²) in [5.74, 6) is 2.05. The van der Waals surface area contributed by atoms with Crippen molar-refractivity contribution in [3.8, 4) is 5.75 Å². The van der Waals surface area contributed by atoms with Crippen molar-refractivity contribution in [2.24, 2.45) is 0 Å². The summed E-state index contributed by atoms with van der Waals surface area (Å²) in [4.78, 5) is 13.4. The summed E-state index contributed by atoms with van der Waals surface area (Å²) in [7, 11) is 0. The van der Waals surface area contributed by atoms with E-state index in [4.69, 9.17) is 16.3 Å². The molecule has 2 aliphatic heterocycles. The Morgan fingerprint density at radius 1 is 1.23 bits per heavy atom. The zero-order valence-corrected chi connectivity index (χ0v) is 17.1. The van der Waals surface area contributed by atoms with Crippen LogP contribution in [0.2, 0.25) is 5.02 Å². The second-order valence-corrected chi connectivity index (χ2v) is 10.1. The van der Waals surface area contributed by atoms with E-state index < -0.39 is 5.60 Å². The number of halogens is 1. The van der Waals surface area contributed by atoms with Crippen LogP contribution in [0.4, 0.5) is 0 Å². The summed E-state index contributed by atoms with van der Waals surface area (Å²) in [6, 6.07) is 9.82. The van der Waals surface area contributed by atoms with Gasteiger partial charge in [-0.15, -0.1) is 23.1 Å². The van der Waals surface area contributed by atoms with Crippen molar-refractivity contribution in [2.75, 3.05) is 5.75 Å². The van der Waals surface area contributed by atoms with E-state index in [-0.39, 0.29) is 11.3 Å². The number of ether oxygens (including phenoxy) is 1. The SMILES string of the molecule is Cc1cc(C)c2c(c1)O[C@]1(C)c3c(sc4cc(Cl)ccc4c3=O)SC[C@H]21. The monoisotopic (exact) mass is 400 g/mol. The van der Waals surface area contributed by atoms with Crippen molar-refractivity contribution >= 4 is 44.8 Å². The maximum Gasteiger partial charge on any atom is 0.196 e. The van der Waals surface area contributed by atoms with Crippen molar-refractivity contribution in [3.05, 3.63) is 67.8 Å². The number of hydrogen-bond donors (Lipinski definition) is 0. The van der Waals surface area contributed by atoms with Crippen LogP contribution in [0.5, 0.6) is 5.75 Å². The molecule has 0 fully saturated rings. The van der Waals surface area contributed by atoms with Crippen LogP contribution in [0.15, 0.2) is 39.3 Å². The van der Waals surface area contributed by atoms with Crippen LogP contribution >= 0.6 is 34.7 Å². The fourth-order valence-corrected chi connectivity index (χ4v) is 7.59. The van der Waals surface area contributed by atoms with Crippen molar-refractivity contribution < 1.29 is 4.74 Å². The molecule has 132 valence electrons. The standard InChI is InChI=1S/C21H17ClO2S2/c1-10-6-11(2)17-14-9-25-20-18(21(14,3)24-15(17)7-10)19(23)13-5-4-12(22)8-16(13)26-20/h4-8,14H,9H2,1-3H3/t14-,21+/m1/s1. The third-order valence-electron chi connectivity index (χ3n) is 5.53. The lowest BCUT2D eigenvalue weighted by atomic mass is 9.80. The quantitative estimate of drug-likeness (QED) is 0.461. The van der Waals surface area contributed by atoms with Crippen LogP contribution < -0.4 is 10.2 Å². The Morgan fingerprint density at radius 2 is 2.04 bits per heavy atom. The number of aryl methyl sites for hydroxylation is 2. The van der Waals surface area contributed by atoms with E-state index in [9.17, 15) is 4.79 Å². The fraction of sp³-hybridized carbons (Fsp3) is 0.286. The Hall–Kier alpha value is -1.49. The van der Waals surface area contributed by atoms with Crippen LogP contribution in [0.3, 0.4) is 0 Å². The minimum atomic E-state index is -0.608. The highest BCUT2D eigenvalue weighted by molar-refractivity contribution is 8.01. The molecule has 0 N–H and O–H groups in total. The predicted molar refractivity (Wildman–Crippen MR) is 110 cm³/mol. The summed E-state index contributed by atoms with van der Waals surface area (Å²) in [5.41, 5.74) is 3.98. The highest BCUT2D eigenvalue weighted by atomic mass is 35.5. The van der Waals surface area contributed by atoms with Crippen LogP contribution in [0.1, 0.15) is 35.1 Å². The van der Waals surface area contributed by atoms with E-state index in [0.717, 1.165) is 31.4 Å². The average Bonchev–Trinajstić information content (AvgIpc) is 2.85. The Balaban J connectivity index is 1.79. The number of benzene rings is 2. The highest BCUT2D eigenvalue weighted by Gasteiger charge is 2.52. The minimum absolute atomic E-state index is 0.0762. The van der Waals surface area contributed by atoms with E-state index >= 15 is 0 Å². The number of rotatable bonds is 0. The molecule has 0 spiro atoms. The summed E-state index contributed by atoms with van der Waals surface area (Å²) < 4.78 is 8.51. The Bertz CT molecular complexity index is 1150. The Kier molecular flexibility index (Phi) is 3.53. The third kappa shape index (κ3) is 2.16. The largest absolute Gasteiger partial charge is 0.482 e. The normalized spacial score (nSPS) is 23.3. The zero-order chi connectivity index (χ0) is 18.2. The first-order valence-corrected chi connectivity index (χ1v) is 10.8. The third-order valence-corrected chi connectivity index (χ3v) is 8.28. The molecule has 26 heavy (non-hydrogen) atoms. The van der Waals surface area contributed by atoms with E-state index in [1.807, 2.05) is 12.1 Å². The molecule has 0 aliphatic carbocycles. The molecule has 2 aliphatic rings. The van der Waals surface area contributed by atoms with Gasteiger partial charge in [-0.05, 0) is 56.2 Å². The highest BCUT2D eigenvalue weighted by Crippen LogP contribution is 2.58. The lowest BCUT2D eigenvalue weighted by Gasteiger charge is -2.36. The number of fused-ring (bicyclic) bond motifs is 6. The van der Waals surface area contributed by atoms with Crippen LogP contribution in [0.25, 0.3) is 10.1 Å². The zero-order valence-electron chi connectivity index (χ0n) is 14.7. The molecule has 0 unspecified atom stereocenters. The molecule has 3 heterocycles. The molecular weight excluding hydrogens is 384 g/mol. The molecule has 5 rings (SSSR count). The topological polar surface area (TPSA) is 26.3 Å². The Morgan fingerprint density at radius 3 is 2.85 bits per heavy atom. The van der Waals surface area contributed by atoms with Gasteiger partial charge in [0.15, 0.2) is 5.43 Å². The molecule has 2 aromatic carbocycles. The van der Waals surface area contributed by atoms with Gasteiger partial charge in [-0.2, -0.15) is 0 Å². The molecule has 0 amide bonds. The summed E-state index contributed by atoms with van der Waals surface area (Å²) >= 11 is 9.56. The fourth-order valence-electron chi connectivity index (χ4n) is 4.35. The molecule has 0 radical (unpaired) electrons. The lowest BCUT2D eigenvalue weighted by Crippen LogP contribution is -2.40. The van der Waals surface area contributed by atoms with E-state index in [1.165, 1.54) is 16.7 Å². The van der Waals surface area contributed by atoms with Gasteiger partial charge in [0.05, 0.1) is 9.77 Å². The second-order valence-electron chi connectivity index (χ2n) is 7.30. The van der Waals surface area contributed by atoms with Crippen LogP contribution in [-0.4, -0.2) is 5.75 Å². The lowest BCUT2D eigenvalue weighted by molar-refractivity contribution is 0.0885. The first-order valence-electron chi connectivity index (χ1n) is 8.58. The second kappa shape index (κ2) is 5.51. The maximum atomic E-state index is 13.4. The van der Waals surface area contributed by atoms with Gasteiger partial charge in [-0.3, -0.25) is 4.79 Å². The van der Waals surface area contributed by atoms with Crippen LogP contribution in [0, 0.1) is 13.8 Å². The van der Waals surface area contributed by atoms with Gasteiger partial charge in [0.2, 0.25) is 0 Å². The number of thioether (sulfide) groups is 1. The smallest absolute Gasteiger partial charge is 0.196 e. The van der Waals surface area contributed by atoms with Gasteiger partial charge in [-0.25, -0.2) is 0 Å². The molecule has 2 nitrogen and oxygen atoms in total. The van der Waals surface area contributed by atoms with E-state index in [0.29, 0.717) is 5.02 Å². The van der Waals surface area contributed by atoms with E-state index in [1.54, 1.807) is 29.2 Å². The molecule has 0 bridgehead atoms. The van der Waals surface area contributed by atoms with Gasteiger partial charge >= 0.3 is 0 Å². The van der Waals surface area contributed by atoms with Crippen molar-refractivity contribution in [1.82, 2.24) is 0 Å². The summed E-state index contributed by atoms with van der Waals surface area (Å²) in [5, 5.41) is 1.39. The van der Waals surface area contributed by atoms with Gasteiger partial charge in [-0.1, -0.05) is 17.7 Å². The predicted octanol–water partition coefficient (Wildman–Crippen LogP) is 6.03. The molecule has 3 aromatic rings. The minimum Gasteiger partial charge on any atom is -0.482 e.